The summed E-state index contributed by atoms with van der Waals surface area (Å²) in [4.78, 5) is 12.5. The fourth-order valence-electron chi connectivity index (χ4n) is 3.11. The molecule has 3 N–H and O–H groups in total. The number of para-hydroxylation sites is 3. The Morgan fingerprint density at radius 1 is 1.04 bits per heavy atom. The number of carbonyl (C=O) groups is 1. The van der Waals surface area contributed by atoms with Crippen LogP contribution in [0, 0.1) is 0 Å². The Labute approximate surface area is 162 Å². The maximum absolute atomic E-state index is 12.5. The second-order valence-corrected chi connectivity index (χ2v) is 6.42. The van der Waals surface area contributed by atoms with Crippen molar-refractivity contribution in [1.29, 1.82) is 0 Å². The molecule has 1 amide bonds. The van der Waals surface area contributed by atoms with Crippen molar-refractivity contribution in [1.82, 2.24) is 9.78 Å². The van der Waals surface area contributed by atoms with E-state index < -0.39 is 0 Å². The minimum absolute atomic E-state index is 0.198. The van der Waals surface area contributed by atoms with Crippen molar-refractivity contribution in [3.8, 4) is 5.88 Å². The number of aromatic nitrogens is 2. The topological polar surface area (TPSA) is 82.2 Å². The molecule has 0 saturated heterocycles. The molecule has 0 aliphatic heterocycles. The summed E-state index contributed by atoms with van der Waals surface area (Å²) in [5.74, 6) is 0.405. The quantitative estimate of drug-likeness (QED) is 0.520. The van der Waals surface area contributed by atoms with Crippen molar-refractivity contribution >= 4 is 28.2 Å². The Morgan fingerprint density at radius 3 is 2.50 bits per heavy atom. The Kier molecular flexibility index (Phi) is 4.68. The lowest BCUT2D eigenvalue weighted by molar-refractivity contribution is 0.102. The van der Waals surface area contributed by atoms with Gasteiger partial charge in [0.05, 0.1) is 35.9 Å². The molecule has 0 radical (unpaired) electrons. The van der Waals surface area contributed by atoms with Crippen LogP contribution in [0.2, 0.25) is 0 Å². The van der Waals surface area contributed by atoms with Gasteiger partial charge >= 0.3 is 0 Å². The SMILES string of the molecule is COc1nn(Cc2ccc(C(=O)Nc3ccccc3N)cc2)c2ccccc12. The second-order valence-electron chi connectivity index (χ2n) is 6.42. The third-order valence-electron chi connectivity index (χ3n) is 4.57. The minimum atomic E-state index is -0.198. The van der Waals surface area contributed by atoms with Gasteiger partial charge in [0, 0.05) is 5.56 Å². The molecule has 1 aromatic heterocycles. The predicted octanol–water partition coefficient (Wildman–Crippen LogP) is 3.93. The summed E-state index contributed by atoms with van der Waals surface area (Å²) >= 11 is 0. The monoisotopic (exact) mass is 372 g/mol. The van der Waals surface area contributed by atoms with E-state index in [0.29, 0.717) is 29.4 Å². The van der Waals surface area contributed by atoms with Gasteiger partial charge in [-0.3, -0.25) is 9.48 Å². The van der Waals surface area contributed by atoms with Gasteiger partial charge in [-0.25, -0.2) is 0 Å². The van der Waals surface area contributed by atoms with Crippen LogP contribution in [0.5, 0.6) is 5.88 Å². The van der Waals surface area contributed by atoms with Gasteiger partial charge in [0.15, 0.2) is 0 Å². The zero-order valence-electron chi connectivity index (χ0n) is 15.4. The Hall–Kier alpha value is -3.80. The van der Waals surface area contributed by atoms with Crippen molar-refractivity contribution in [3.63, 3.8) is 0 Å². The largest absolute Gasteiger partial charge is 0.479 e. The van der Waals surface area contributed by atoms with E-state index in [9.17, 15) is 4.79 Å². The molecule has 0 spiro atoms. The van der Waals surface area contributed by atoms with E-state index in [1.807, 2.05) is 53.2 Å². The minimum Gasteiger partial charge on any atom is -0.479 e. The summed E-state index contributed by atoms with van der Waals surface area (Å²) in [7, 11) is 1.62. The van der Waals surface area contributed by atoms with Gasteiger partial charge in [-0.15, -0.1) is 5.10 Å². The van der Waals surface area contributed by atoms with Gasteiger partial charge in [0.2, 0.25) is 5.88 Å². The van der Waals surface area contributed by atoms with Crippen LogP contribution >= 0.6 is 0 Å². The standard InChI is InChI=1S/C22H20N4O2/c1-28-22-17-6-2-5-9-20(17)26(25-22)14-15-10-12-16(13-11-15)21(27)24-19-8-4-3-7-18(19)23/h2-13H,14,23H2,1H3,(H,24,27). The van der Waals surface area contributed by atoms with Gasteiger partial charge < -0.3 is 15.8 Å². The lowest BCUT2D eigenvalue weighted by Gasteiger charge is -2.09. The molecule has 4 rings (SSSR count). The second kappa shape index (κ2) is 7.44. The summed E-state index contributed by atoms with van der Waals surface area (Å²) in [5, 5.41) is 8.33. The van der Waals surface area contributed by atoms with Gasteiger partial charge in [0.25, 0.3) is 5.91 Å². The zero-order valence-corrected chi connectivity index (χ0v) is 15.4. The lowest BCUT2D eigenvalue weighted by Crippen LogP contribution is -2.13. The van der Waals surface area contributed by atoms with Crippen LogP contribution in [0.1, 0.15) is 15.9 Å². The highest BCUT2D eigenvalue weighted by Crippen LogP contribution is 2.25. The van der Waals surface area contributed by atoms with Crippen LogP contribution in [0.3, 0.4) is 0 Å². The third-order valence-corrected chi connectivity index (χ3v) is 4.57. The van der Waals surface area contributed by atoms with E-state index in [1.165, 1.54) is 0 Å². The van der Waals surface area contributed by atoms with Crippen LogP contribution in [-0.2, 0) is 6.54 Å². The molecule has 4 aromatic rings. The number of ether oxygens (including phenoxy) is 1. The molecule has 0 aliphatic rings. The van der Waals surface area contributed by atoms with Gasteiger partial charge in [-0.05, 0) is 42.0 Å². The molecule has 0 fully saturated rings. The van der Waals surface area contributed by atoms with Crippen molar-refractivity contribution in [2.24, 2.45) is 0 Å². The maximum atomic E-state index is 12.5. The number of nitrogens with zero attached hydrogens (tertiary/aromatic N) is 2. The highest BCUT2D eigenvalue weighted by molar-refractivity contribution is 6.05. The number of amides is 1. The first-order valence-corrected chi connectivity index (χ1v) is 8.90. The molecule has 0 bridgehead atoms. The average molecular weight is 372 g/mol. The van der Waals surface area contributed by atoms with E-state index in [4.69, 9.17) is 10.5 Å². The van der Waals surface area contributed by atoms with Crippen LogP contribution in [0.4, 0.5) is 11.4 Å². The summed E-state index contributed by atoms with van der Waals surface area (Å²) in [6.07, 6.45) is 0. The number of benzene rings is 3. The Bertz CT molecular complexity index is 1130. The lowest BCUT2D eigenvalue weighted by atomic mass is 10.1. The fraction of sp³-hybridized carbons (Fsp3) is 0.0909. The number of anilines is 2. The molecule has 6 nitrogen and oxygen atoms in total. The normalized spacial score (nSPS) is 10.8. The summed E-state index contributed by atoms with van der Waals surface area (Å²) in [6.45, 7) is 0.581. The number of nitrogens with one attached hydrogen (secondary N) is 1. The van der Waals surface area contributed by atoms with E-state index in [2.05, 4.69) is 10.4 Å². The molecule has 0 unspecified atom stereocenters. The van der Waals surface area contributed by atoms with Crippen molar-refractivity contribution in [2.45, 2.75) is 6.54 Å². The number of hydrogen-bond acceptors (Lipinski definition) is 4. The molecular weight excluding hydrogens is 352 g/mol. The van der Waals surface area contributed by atoms with Crippen molar-refractivity contribution in [2.75, 3.05) is 18.2 Å². The number of carbonyl (C=O) groups excluding carboxylic acids is 1. The first-order chi connectivity index (χ1) is 13.7. The molecule has 3 aromatic carbocycles. The molecule has 0 saturated carbocycles. The molecule has 0 atom stereocenters. The first kappa shape index (κ1) is 17.6. The molecule has 6 heteroatoms. The highest BCUT2D eigenvalue weighted by Gasteiger charge is 2.11. The number of fused-ring (bicyclic) bond motifs is 1. The van der Waals surface area contributed by atoms with Gasteiger partial charge in [0.1, 0.15) is 0 Å². The van der Waals surface area contributed by atoms with E-state index >= 15 is 0 Å². The summed E-state index contributed by atoms with van der Waals surface area (Å²) < 4.78 is 7.26. The molecule has 140 valence electrons. The Morgan fingerprint density at radius 2 is 1.75 bits per heavy atom. The third kappa shape index (κ3) is 3.40. The van der Waals surface area contributed by atoms with E-state index in [0.717, 1.165) is 16.5 Å². The molecule has 28 heavy (non-hydrogen) atoms. The Balaban J connectivity index is 1.53. The predicted molar refractivity (Wildman–Crippen MR) is 111 cm³/mol. The number of rotatable bonds is 5. The average Bonchev–Trinajstić information content (AvgIpc) is 3.08. The highest BCUT2D eigenvalue weighted by atomic mass is 16.5. The maximum Gasteiger partial charge on any atom is 0.255 e. The van der Waals surface area contributed by atoms with Crippen LogP contribution < -0.4 is 15.8 Å². The van der Waals surface area contributed by atoms with Crippen molar-refractivity contribution in [3.05, 3.63) is 83.9 Å². The van der Waals surface area contributed by atoms with E-state index in [1.54, 1.807) is 31.4 Å². The summed E-state index contributed by atoms with van der Waals surface area (Å²) in [5.41, 5.74) is 9.62. The van der Waals surface area contributed by atoms with Crippen LogP contribution in [0.15, 0.2) is 72.8 Å². The fourth-order valence-corrected chi connectivity index (χ4v) is 3.11. The first-order valence-electron chi connectivity index (χ1n) is 8.90. The van der Waals surface area contributed by atoms with E-state index in [-0.39, 0.29) is 5.91 Å². The number of methoxy groups -OCH3 is 1. The zero-order chi connectivity index (χ0) is 19.5. The molecule has 1 heterocycles. The van der Waals surface area contributed by atoms with Gasteiger partial charge in [-0.2, -0.15) is 0 Å². The van der Waals surface area contributed by atoms with Crippen LogP contribution in [-0.4, -0.2) is 22.8 Å². The number of nitrogen functional groups attached to an aromatic ring is 1. The number of nitrogens with two attached hydrogens (primary N) is 1. The summed E-state index contributed by atoms with van der Waals surface area (Å²) in [6, 6.07) is 22.6. The van der Waals surface area contributed by atoms with Crippen molar-refractivity contribution < 1.29 is 9.53 Å². The van der Waals surface area contributed by atoms with Gasteiger partial charge in [-0.1, -0.05) is 36.4 Å². The van der Waals surface area contributed by atoms with Crippen LogP contribution in [0.25, 0.3) is 10.9 Å². The molecular formula is C22H20N4O2. The smallest absolute Gasteiger partial charge is 0.255 e. The number of hydrogen-bond donors (Lipinski definition) is 2. The molecule has 0 aliphatic carbocycles.